The molecule has 0 bridgehead atoms. The van der Waals surface area contributed by atoms with Crippen molar-refractivity contribution < 1.29 is 9.53 Å². The molecular formula is C18H36ClN3O2. The van der Waals surface area contributed by atoms with E-state index in [9.17, 15) is 4.79 Å². The van der Waals surface area contributed by atoms with Crippen LogP contribution < -0.4 is 11.1 Å². The molecule has 2 aliphatic rings. The maximum atomic E-state index is 12.2. The van der Waals surface area contributed by atoms with Crippen molar-refractivity contribution >= 4 is 18.3 Å². The highest BCUT2D eigenvalue weighted by molar-refractivity contribution is 5.85. The Morgan fingerprint density at radius 2 is 1.96 bits per heavy atom. The molecule has 1 aliphatic carbocycles. The molecule has 5 nitrogen and oxygen atoms in total. The number of hydrogen-bond acceptors (Lipinski definition) is 4. The van der Waals surface area contributed by atoms with Crippen molar-refractivity contribution in [3.05, 3.63) is 0 Å². The summed E-state index contributed by atoms with van der Waals surface area (Å²) in [6, 6.07) is -0.373. The second-order valence-corrected chi connectivity index (χ2v) is 7.93. The zero-order valence-electron chi connectivity index (χ0n) is 15.6. The fourth-order valence-electron chi connectivity index (χ4n) is 4.06. The molecule has 0 aromatic rings. The van der Waals surface area contributed by atoms with Gasteiger partial charge in [0.05, 0.1) is 18.2 Å². The molecule has 0 radical (unpaired) electrons. The van der Waals surface area contributed by atoms with Crippen molar-refractivity contribution in [1.29, 1.82) is 0 Å². The van der Waals surface area contributed by atoms with E-state index in [2.05, 4.69) is 31.0 Å². The molecule has 1 saturated heterocycles. The van der Waals surface area contributed by atoms with Gasteiger partial charge in [0, 0.05) is 25.2 Å². The molecule has 1 unspecified atom stereocenters. The first kappa shape index (κ1) is 21.7. The Hall–Kier alpha value is -0.360. The molecule has 1 heterocycles. The van der Waals surface area contributed by atoms with Crippen LogP contribution in [0.2, 0.25) is 0 Å². The standard InChI is InChI=1S/C18H35N3O2.ClH/c1-4-8-15(19)16(22)20-13-18(9-6-5-7-10-18)21-11-12-23-17(2,3)14-21;/h15H,4-14,19H2,1-3H3,(H,20,22);1H. The first-order valence-corrected chi connectivity index (χ1v) is 9.31. The Morgan fingerprint density at radius 3 is 2.54 bits per heavy atom. The van der Waals surface area contributed by atoms with Crippen molar-refractivity contribution in [2.45, 2.75) is 82.9 Å². The van der Waals surface area contributed by atoms with Gasteiger partial charge in [-0.1, -0.05) is 32.6 Å². The van der Waals surface area contributed by atoms with E-state index >= 15 is 0 Å². The monoisotopic (exact) mass is 361 g/mol. The number of nitrogens with one attached hydrogen (secondary N) is 1. The van der Waals surface area contributed by atoms with E-state index in [1.165, 1.54) is 19.3 Å². The topological polar surface area (TPSA) is 67.6 Å². The first-order valence-electron chi connectivity index (χ1n) is 9.31. The predicted octanol–water partition coefficient (Wildman–Crippen LogP) is 2.47. The molecule has 1 saturated carbocycles. The maximum absolute atomic E-state index is 12.2. The smallest absolute Gasteiger partial charge is 0.236 e. The van der Waals surface area contributed by atoms with Crippen molar-refractivity contribution in [1.82, 2.24) is 10.2 Å². The number of carbonyl (C=O) groups is 1. The quantitative estimate of drug-likeness (QED) is 0.762. The van der Waals surface area contributed by atoms with Crippen LogP contribution in [0.4, 0.5) is 0 Å². The largest absolute Gasteiger partial charge is 0.373 e. The van der Waals surface area contributed by atoms with Gasteiger partial charge in [-0.25, -0.2) is 0 Å². The van der Waals surface area contributed by atoms with Gasteiger partial charge in [-0.2, -0.15) is 0 Å². The van der Waals surface area contributed by atoms with Crippen molar-refractivity contribution in [3.63, 3.8) is 0 Å². The van der Waals surface area contributed by atoms with Crippen LogP contribution in [0, 0.1) is 0 Å². The minimum absolute atomic E-state index is 0. The van der Waals surface area contributed by atoms with E-state index in [0.29, 0.717) is 0 Å². The third-order valence-corrected chi connectivity index (χ3v) is 5.41. The van der Waals surface area contributed by atoms with Crippen LogP contribution in [-0.2, 0) is 9.53 Å². The molecule has 24 heavy (non-hydrogen) atoms. The van der Waals surface area contributed by atoms with Gasteiger partial charge < -0.3 is 15.8 Å². The summed E-state index contributed by atoms with van der Waals surface area (Å²) in [4.78, 5) is 14.8. The van der Waals surface area contributed by atoms with Crippen LogP contribution in [0.25, 0.3) is 0 Å². The van der Waals surface area contributed by atoms with Crippen LogP contribution in [0.1, 0.15) is 65.7 Å². The van der Waals surface area contributed by atoms with Gasteiger partial charge in [0.1, 0.15) is 0 Å². The molecule has 2 rings (SSSR count). The summed E-state index contributed by atoms with van der Waals surface area (Å²) in [6.45, 7) is 9.77. The lowest BCUT2D eigenvalue weighted by Crippen LogP contribution is -2.63. The fraction of sp³-hybridized carbons (Fsp3) is 0.944. The normalized spacial score (nSPS) is 24.7. The molecule has 1 amide bonds. The van der Waals surface area contributed by atoms with Gasteiger partial charge in [-0.3, -0.25) is 9.69 Å². The van der Waals surface area contributed by atoms with Gasteiger partial charge in [-0.05, 0) is 33.1 Å². The minimum atomic E-state index is -0.373. The summed E-state index contributed by atoms with van der Waals surface area (Å²) in [5.74, 6) is 0.00400. The summed E-state index contributed by atoms with van der Waals surface area (Å²) in [5.41, 5.74) is 5.94. The molecule has 3 N–H and O–H groups in total. The highest BCUT2D eigenvalue weighted by Gasteiger charge is 2.42. The number of amides is 1. The van der Waals surface area contributed by atoms with E-state index in [-0.39, 0.29) is 35.5 Å². The molecule has 0 spiro atoms. The second-order valence-electron chi connectivity index (χ2n) is 7.93. The SMILES string of the molecule is CCCC(N)C(=O)NCC1(N2CCOC(C)(C)C2)CCCCC1.Cl. The van der Waals surface area contributed by atoms with E-state index in [0.717, 1.165) is 51.9 Å². The van der Waals surface area contributed by atoms with Crippen LogP contribution in [0.5, 0.6) is 0 Å². The highest BCUT2D eigenvalue weighted by atomic mass is 35.5. The Bertz CT molecular complexity index is 398. The molecule has 1 atom stereocenters. The Kier molecular flexibility index (Phi) is 8.46. The number of carbonyl (C=O) groups excluding carboxylic acids is 1. The lowest BCUT2D eigenvalue weighted by Gasteiger charge is -2.51. The molecule has 0 aromatic carbocycles. The maximum Gasteiger partial charge on any atom is 0.236 e. The zero-order chi connectivity index (χ0) is 16.9. The average Bonchev–Trinajstić information content (AvgIpc) is 2.53. The van der Waals surface area contributed by atoms with Gasteiger partial charge >= 0.3 is 0 Å². The lowest BCUT2D eigenvalue weighted by atomic mass is 9.79. The number of ether oxygens (including phenoxy) is 1. The number of morpholine rings is 1. The molecule has 2 fully saturated rings. The van der Waals surface area contributed by atoms with Crippen LogP contribution in [-0.4, -0.2) is 54.2 Å². The fourth-order valence-corrected chi connectivity index (χ4v) is 4.06. The first-order chi connectivity index (χ1) is 10.9. The lowest BCUT2D eigenvalue weighted by molar-refractivity contribution is -0.130. The Balaban J connectivity index is 0.00000288. The number of nitrogens with two attached hydrogens (primary N) is 1. The van der Waals surface area contributed by atoms with Crippen LogP contribution in [0.15, 0.2) is 0 Å². The summed E-state index contributed by atoms with van der Waals surface area (Å²) in [6.07, 6.45) is 7.81. The average molecular weight is 362 g/mol. The van der Waals surface area contributed by atoms with Gasteiger partial charge in [-0.15, -0.1) is 12.4 Å². The van der Waals surface area contributed by atoms with Crippen LogP contribution >= 0.6 is 12.4 Å². The molecular weight excluding hydrogens is 326 g/mol. The third kappa shape index (κ3) is 5.58. The van der Waals surface area contributed by atoms with Gasteiger partial charge in [0.15, 0.2) is 0 Å². The molecule has 0 aromatic heterocycles. The van der Waals surface area contributed by atoms with Crippen molar-refractivity contribution in [2.75, 3.05) is 26.2 Å². The third-order valence-electron chi connectivity index (χ3n) is 5.41. The van der Waals surface area contributed by atoms with E-state index < -0.39 is 0 Å². The van der Waals surface area contributed by atoms with Crippen molar-refractivity contribution in [2.24, 2.45) is 5.73 Å². The minimum Gasteiger partial charge on any atom is -0.373 e. The van der Waals surface area contributed by atoms with E-state index in [1.54, 1.807) is 0 Å². The predicted molar refractivity (Wildman–Crippen MR) is 101 cm³/mol. The molecule has 142 valence electrons. The number of halogens is 1. The second kappa shape index (κ2) is 9.37. The van der Waals surface area contributed by atoms with E-state index in [4.69, 9.17) is 10.5 Å². The van der Waals surface area contributed by atoms with Crippen molar-refractivity contribution in [3.8, 4) is 0 Å². The number of rotatable bonds is 6. The number of hydrogen-bond donors (Lipinski definition) is 2. The molecule has 6 heteroatoms. The van der Waals surface area contributed by atoms with Gasteiger partial charge in [0.25, 0.3) is 0 Å². The number of nitrogens with zero attached hydrogens (tertiary/aromatic N) is 1. The van der Waals surface area contributed by atoms with E-state index in [1.807, 2.05) is 0 Å². The van der Waals surface area contributed by atoms with Crippen LogP contribution in [0.3, 0.4) is 0 Å². The summed E-state index contributed by atoms with van der Waals surface area (Å²) in [7, 11) is 0. The molecule has 1 aliphatic heterocycles. The summed E-state index contributed by atoms with van der Waals surface area (Å²) >= 11 is 0. The highest BCUT2D eigenvalue weighted by Crippen LogP contribution is 2.36. The summed E-state index contributed by atoms with van der Waals surface area (Å²) < 4.78 is 5.88. The zero-order valence-corrected chi connectivity index (χ0v) is 16.4. The Morgan fingerprint density at radius 1 is 1.29 bits per heavy atom. The Labute approximate surface area is 153 Å². The summed E-state index contributed by atoms with van der Waals surface area (Å²) in [5, 5.41) is 3.16. The van der Waals surface area contributed by atoms with Gasteiger partial charge in [0.2, 0.25) is 5.91 Å².